The zero-order valence-corrected chi connectivity index (χ0v) is 21.3. The van der Waals surface area contributed by atoms with Gasteiger partial charge in [0.2, 0.25) is 0 Å². The van der Waals surface area contributed by atoms with E-state index >= 15 is 0 Å². The summed E-state index contributed by atoms with van der Waals surface area (Å²) in [5, 5.41) is 41.0. The molecular weight excluding hydrogens is 442 g/mol. The molecule has 4 bridgehead atoms. The monoisotopic (exact) mass is 489 g/mol. The van der Waals surface area contributed by atoms with Gasteiger partial charge in [-0.1, -0.05) is 26.2 Å². The number of unbranched alkanes of at least 4 members (excludes halogenated alkanes) is 3. The van der Waals surface area contributed by atoms with Gasteiger partial charge in [-0.25, -0.2) is 0 Å². The molecule has 4 aliphatic carbocycles. The molecule has 6 nitrogen and oxygen atoms in total. The molecule has 0 aromatic heterocycles. The second-order valence-electron chi connectivity index (χ2n) is 11.7. The van der Waals surface area contributed by atoms with E-state index in [4.69, 9.17) is 4.74 Å². The molecule has 194 valence electrons. The first kappa shape index (κ1) is 27.6. The number of aliphatic hydroxyl groups excluding tert-OH is 4. The molecule has 0 radical (unpaired) electrons. The van der Waals surface area contributed by atoms with Crippen molar-refractivity contribution in [1.29, 1.82) is 0 Å². The molecule has 4 N–H and O–H groups in total. The highest BCUT2D eigenvalue weighted by molar-refractivity contribution is 5.85. The number of hydrogen-bond donors (Lipinski definition) is 4. The number of ether oxygens (including phenoxy) is 1. The fourth-order valence-corrected chi connectivity index (χ4v) is 8.01. The highest BCUT2D eigenvalue weighted by atomic mass is 35.5. The van der Waals surface area contributed by atoms with Crippen LogP contribution < -0.4 is 0 Å². The van der Waals surface area contributed by atoms with E-state index in [1.165, 1.54) is 38.5 Å². The molecule has 0 unspecified atom stereocenters. The molecule has 7 heteroatoms. The lowest BCUT2D eigenvalue weighted by Crippen LogP contribution is -2.67. The Morgan fingerprint density at radius 2 is 1.42 bits per heavy atom. The van der Waals surface area contributed by atoms with Crippen LogP contribution in [0.25, 0.3) is 0 Å². The molecule has 33 heavy (non-hydrogen) atoms. The van der Waals surface area contributed by atoms with Gasteiger partial charge in [0, 0.05) is 12.6 Å². The fourth-order valence-electron chi connectivity index (χ4n) is 8.01. The van der Waals surface area contributed by atoms with Gasteiger partial charge in [-0.15, -0.1) is 12.4 Å². The lowest BCUT2D eigenvalue weighted by atomic mass is 9.50. The minimum absolute atomic E-state index is 0. The molecule has 0 aromatic rings. The molecule has 4 saturated carbocycles. The smallest absolute Gasteiger partial charge is 0.109 e. The first-order valence-electron chi connectivity index (χ1n) is 13.4. The maximum absolute atomic E-state index is 10.6. The minimum atomic E-state index is -1.20. The predicted molar refractivity (Wildman–Crippen MR) is 131 cm³/mol. The van der Waals surface area contributed by atoms with E-state index in [0.29, 0.717) is 5.41 Å². The Hall–Kier alpha value is 0.0500. The van der Waals surface area contributed by atoms with Crippen LogP contribution in [0.3, 0.4) is 0 Å². The Kier molecular flexibility index (Phi) is 10.3. The maximum Gasteiger partial charge on any atom is 0.109 e. The Balaban J connectivity index is 0.00000306. The van der Waals surface area contributed by atoms with Crippen LogP contribution in [0, 0.1) is 23.2 Å². The fraction of sp³-hybridized carbons (Fsp3) is 1.00. The largest absolute Gasteiger partial charge is 0.395 e. The molecule has 0 amide bonds. The van der Waals surface area contributed by atoms with Gasteiger partial charge >= 0.3 is 0 Å². The summed E-state index contributed by atoms with van der Waals surface area (Å²) in [6, 6.07) is -0.724. The third kappa shape index (κ3) is 6.25. The Bertz CT molecular complexity index is 558. The number of nitrogens with zero attached hydrogens (tertiary/aromatic N) is 1. The molecule has 0 spiro atoms. The summed E-state index contributed by atoms with van der Waals surface area (Å²) in [5.41, 5.74) is 0.483. The summed E-state index contributed by atoms with van der Waals surface area (Å²) in [5.74, 6) is 2.91. The average molecular weight is 490 g/mol. The second kappa shape index (κ2) is 12.3. The highest BCUT2D eigenvalue weighted by Crippen LogP contribution is 2.60. The maximum atomic E-state index is 10.6. The van der Waals surface area contributed by atoms with Gasteiger partial charge in [-0.05, 0) is 87.5 Å². The molecule has 0 aromatic carbocycles. The number of halogens is 1. The molecule has 1 aliphatic heterocycles. The van der Waals surface area contributed by atoms with Crippen molar-refractivity contribution in [3.8, 4) is 0 Å². The Morgan fingerprint density at radius 1 is 0.818 bits per heavy atom. The van der Waals surface area contributed by atoms with Gasteiger partial charge in [-0.2, -0.15) is 0 Å². The Morgan fingerprint density at radius 3 is 2.00 bits per heavy atom. The van der Waals surface area contributed by atoms with E-state index in [9.17, 15) is 20.4 Å². The van der Waals surface area contributed by atoms with Gasteiger partial charge in [0.05, 0.1) is 25.4 Å². The number of rotatable bonds is 12. The number of hydrogen-bond acceptors (Lipinski definition) is 6. The van der Waals surface area contributed by atoms with E-state index in [1.54, 1.807) is 0 Å². The normalized spacial score (nSPS) is 42.5. The summed E-state index contributed by atoms with van der Waals surface area (Å²) < 4.78 is 6.21. The van der Waals surface area contributed by atoms with Crippen LogP contribution in [-0.2, 0) is 4.74 Å². The molecule has 5 atom stereocenters. The van der Waals surface area contributed by atoms with Crippen LogP contribution in [0.15, 0.2) is 0 Å². The lowest BCUT2D eigenvalue weighted by Gasteiger charge is -2.56. The van der Waals surface area contributed by atoms with Crippen molar-refractivity contribution < 1.29 is 25.2 Å². The van der Waals surface area contributed by atoms with E-state index in [-0.39, 0.29) is 25.1 Å². The summed E-state index contributed by atoms with van der Waals surface area (Å²) >= 11 is 0. The minimum Gasteiger partial charge on any atom is -0.395 e. The van der Waals surface area contributed by atoms with Gasteiger partial charge in [0.15, 0.2) is 0 Å². The first-order chi connectivity index (χ1) is 15.5. The summed E-state index contributed by atoms with van der Waals surface area (Å²) in [6.07, 6.45) is 11.1. The van der Waals surface area contributed by atoms with Gasteiger partial charge in [0.1, 0.15) is 12.2 Å². The van der Waals surface area contributed by atoms with Crippen LogP contribution in [0.2, 0.25) is 0 Å². The van der Waals surface area contributed by atoms with E-state index in [0.717, 1.165) is 76.0 Å². The predicted octanol–water partition coefficient (Wildman–Crippen LogP) is 3.13. The number of likely N-dealkylation sites (tertiary alicyclic amines) is 1. The third-order valence-corrected chi connectivity index (χ3v) is 9.16. The quantitative estimate of drug-likeness (QED) is 0.315. The lowest BCUT2D eigenvalue weighted by molar-refractivity contribution is -0.172. The van der Waals surface area contributed by atoms with Crippen LogP contribution >= 0.6 is 12.4 Å². The zero-order valence-electron chi connectivity index (χ0n) is 20.5. The molecule has 5 aliphatic rings. The molecule has 1 heterocycles. The van der Waals surface area contributed by atoms with Gasteiger partial charge in [0.25, 0.3) is 0 Å². The van der Waals surface area contributed by atoms with Crippen LogP contribution in [0.1, 0.15) is 84.0 Å². The second-order valence-corrected chi connectivity index (χ2v) is 11.7. The van der Waals surface area contributed by atoms with Crippen molar-refractivity contribution in [2.75, 3.05) is 26.4 Å². The summed E-state index contributed by atoms with van der Waals surface area (Å²) in [7, 11) is 0. The number of aliphatic hydroxyl groups is 4. The van der Waals surface area contributed by atoms with Crippen LogP contribution in [-0.4, -0.2) is 82.1 Å². The average Bonchev–Trinajstić information content (AvgIpc) is 2.76. The first-order valence-corrected chi connectivity index (χ1v) is 13.4. The van der Waals surface area contributed by atoms with Crippen LogP contribution in [0.4, 0.5) is 0 Å². The summed E-state index contributed by atoms with van der Waals surface area (Å²) in [6.45, 7) is 4.39. The highest BCUT2D eigenvalue weighted by Gasteiger charge is 2.51. The molecule has 5 fully saturated rings. The third-order valence-electron chi connectivity index (χ3n) is 9.16. The Labute approximate surface area is 206 Å². The topological polar surface area (TPSA) is 93.4 Å². The molecule has 1 saturated heterocycles. The molecular formula is C26H48ClNO5. The van der Waals surface area contributed by atoms with E-state index in [1.807, 2.05) is 4.90 Å². The zero-order chi connectivity index (χ0) is 22.7. The summed E-state index contributed by atoms with van der Waals surface area (Å²) in [4.78, 5) is 2.04. The van der Waals surface area contributed by atoms with Crippen molar-refractivity contribution in [1.82, 2.24) is 4.90 Å². The standard InChI is InChI=1S/C26H47NO5.ClH/c1-2-3-8-27-21(23(29)25(31)24(30)22(27)16-28)7-5-4-6-9-32-17-26-13-18-10-19(14-26)12-20(11-18)15-26;/h18-25,28-31H,2-17H2,1H3;1H/t18?,19?,20?,21-,22+,23-,24+,25+,26?;/m0./s1. The van der Waals surface area contributed by atoms with Crippen molar-refractivity contribution in [3.63, 3.8) is 0 Å². The van der Waals surface area contributed by atoms with E-state index < -0.39 is 24.4 Å². The van der Waals surface area contributed by atoms with Crippen LogP contribution in [0.5, 0.6) is 0 Å². The van der Waals surface area contributed by atoms with Crippen molar-refractivity contribution >= 4 is 12.4 Å². The van der Waals surface area contributed by atoms with Crippen molar-refractivity contribution in [3.05, 3.63) is 0 Å². The SMILES string of the molecule is CCCCN1[C@H](CO)[C@@H](O)[C@H](O)[C@@H](O)[C@@H]1CCCCCOCC12CC3CC(CC(C3)C1)C2.Cl. The van der Waals surface area contributed by atoms with Gasteiger partial charge in [-0.3, -0.25) is 4.90 Å². The van der Waals surface area contributed by atoms with Gasteiger partial charge < -0.3 is 25.2 Å². The number of piperidine rings is 1. The van der Waals surface area contributed by atoms with Crippen molar-refractivity contribution in [2.45, 2.75) is 114 Å². The van der Waals surface area contributed by atoms with E-state index in [2.05, 4.69) is 6.92 Å². The molecule has 5 rings (SSSR count). The van der Waals surface area contributed by atoms with Crippen molar-refractivity contribution in [2.24, 2.45) is 23.2 Å².